The summed E-state index contributed by atoms with van der Waals surface area (Å²) >= 11 is 4.31. The van der Waals surface area contributed by atoms with Crippen molar-refractivity contribution in [1.29, 1.82) is 0 Å². The molecule has 1 aromatic carbocycles. The van der Waals surface area contributed by atoms with E-state index in [2.05, 4.69) is 20.7 Å². The Morgan fingerprint density at radius 3 is 2.14 bits per heavy atom. The number of thiophene rings is 1. The lowest BCUT2D eigenvalue weighted by Gasteiger charge is -2.05. The zero-order valence-electron chi connectivity index (χ0n) is 10.5. The molecule has 0 bridgehead atoms. The van der Waals surface area contributed by atoms with Crippen LogP contribution in [0.15, 0.2) is 49.3 Å². The van der Waals surface area contributed by atoms with Crippen molar-refractivity contribution in [3.05, 3.63) is 45.7 Å². The summed E-state index contributed by atoms with van der Waals surface area (Å²) in [6.07, 6.45) is 0. The number of primary sulfonamides is 1. The van der Waals surface area contributed by atoms with E-state index in [0.29, 0.717) is 5.56 Å². The number of halogens is 1. The monoisotopic (exact) mass is 410 g/mol. The van der Waals surface area contributed by atoms with E-state index in [-0.39, 0.29) is 15.6 Å². The molecule has 0 aliphatic heterocycles. The molecule has 2 rings (SSSR count). The highest BCUT2D eigenvalue weighted by Gasteiger charge is 2.16. The summed E-state index contributed by atoms with van der Waals surface area (Å²) < 4.78 is 49.6. The molecule has 1 heterocycles. The summed E-state index contributed by atoms with van der Waals surface area (Å²) in [6, 6.07) is 8.84. The normalized spacial score (nSPS) is 12.5. The highest BCUT2D eigenvalue weighted by molar-refractivity contribution is 9.11. The van der Waals surface area contributed by atoms with Gasteiger partial charge in [-0.1, -0.05) is 12.1 Å². The molecule has 0 radical (unpaired) electrons. The summed E-state index contributed by atoms with van der Waals surface area (Å²) in [5, 5.41) is 4.99. The number of rotatable bonds is 5. The number of benzene rings is 1. The van der Waals surface area contributed by atoms with E-state index in [4.69, 9.17) is 5.14 Å². The van der Waals surface area contributed by atoms with E-state index in [1.165, 1.54) is 30.3 Å². The van der Waals surface area contributed by atoms with Crippen LogP contribution in [0.3, 0.4) is 0 Å². The molecule has 0 amide bonds. The predicted octanol–water partition coefficient (Wildman–Crippen LogP) is 1.64. The van der Waals surface area contributed by atoms with Crippen molar-refractivity contribution in [2.24, 2.45) is 5.14 Å². The number of nitrogens with two attached hydrogens (primary N) is 1. The van der Waals surface area contributed by atoms with Crippen LogP contribution in [-0.2, 0) is 26.6 Å². The molecule has 21 heavy (non-hydrogen) atoms. The van der Waals surface area contributed by atoms with Crippen LogP contribution in [0, 0.1) is 0 Å². The highest BCUT2D eigenvalue weighted by Crippen LogP contribution is 2.25. The first-order valence-corrected chi connectivity index (χ1v) is 10.2. The van der Waals surface area contributed by atoms with Crippen molar-refractivity contribution in [3.8, 4) is 0 Å². The van der Waals surface area contributed by atoms with E-state index >= 15 is 0 Å². The first-order valence-electron chi connectivity index (χ1n) is 5.55. The number of nitrogens with one attached hydrogen (secondary N) is 1. The maximum atomic E-state index is 12.0. The van der Waals surface area contributed by atoms with Gasteiger partial charge in [-0.25, -0.2) is 26.7 Å². The fourth-order valence-corrected chi connectivity index (χ4v) is 5.08. The Kier molecular flexibility index (Phi) is 4.85. The third kappa shape index (κ3) is 4.34. The van der Waals surface area contributed by atoms with Gasteiger partial charge in [0.1, 0.15) is 4.21 Å². The molecule has 10 heteroatoms. The minimum atomic E-state index is -3.75. The third-order valence-electron chi connectivity index (χ3n) is 2.53. The molecule has 0 saturated carbocycles. The summed E-state index contributed by atoms with van der Waals surface area (Å²) in [6.45, 7) is 0.0583. The van der Waals surface area contributed by atoms with Crippen molar-refractivity contribution < 1.29 is 16.8 Å². The molecular weight excluding hydrogens is 400 g/mol. The van der Waals surface area contributed by atoms with Gasteiger partial charge >= 0.3 is 0 Å². The average Bonchev–Trinajstić information content (AvgIpc) is 2.83. The van der Waals surface area contributed by atoms with Gasteiger partial charge in [0, 0.05) is 6.54 Å². The summed E-state index contributed by atoms with van der Waals surface area (Å²) in [7, 11) is -7.33. The molecular formula is C11H11BrN2O4S3. The Balaban J connectivity index is 2.10. The fourth-order valence-electron chi connectivity index (χ4n) is 1.49. The molecule has 0 aliphatic rings. The van der Waals surface area contributed by atoms with Crippen LogP contribution in [0.5, 0.6) is 0 Å². The first kappa shape index (κ1) is 16.6. The second kappa shape index (κ2) is 6.15. The van der Waals surface area contributed by atoms with E-state index in [1.807, 2.05) is 0 Å². The van der Waals surface area contributed by atoms with Crippen molar-refractivity contribution in [2.45, 2.75) is 15.6 Å². The Bertz CT molecular complexity index is 842. The van der Waals surface area contributed by atoms with Gasteiger partial charge in [0.25, 0.3) is 0 Å². The summed E-state index contributed by atoms with van der Waals surface area (Å²) in [5.41, 5.74) is 0.626. The Morgan fingerprint density at radius 1 is 1.05 bits per heavy atom. The van der Waals surface area contributed by atoms with Gasteiger partial charge in [0.2, 0.25) is 20.0 Å². The molecule has 114 valence electrons. The lowest BCUT2D eigenvalue weighted by atomic mass is 10.2. The summed E-state index contributed by atoms with van der Waals surface area (Å²) in [5.74, 6) is 0. The van der Waals surface area contributed by atoms with Gasteiger partial charge in [0.05, 0.1) is 8.68 Å². The van der Waals surface area contributed by atoms with Gasteiger partial charge in [-0.05, 0) is 45.8 Å². The molecule has 0 saturated heterocycles. The van der Waals surface area contributed by atoms with E-state index in [1.54, 1.807) is 6.07 Å². The minimum Gasteiger partial charge on any atom is -0.225 e. The van der Waals surface area contributed by atoms with Crippen LogP contribution in [0.2, 0.25) is 0 Å². The number of hydrogen-bond donors (Lipinski definition) is 2. The quantitative estimate of drug-likeness (QED) is 0.780. The fraction of sp³-hybridized carbons (Fsp3) is 0.0909. The van der Waals surface area contributed by atoms with Crippen molar-refractivity contribution in [1.82, 2.24) is 4.72 Å². The van der Waals surface area contributed by atoms with E-state index in [0.717, 1.165) is 15.1 Å². The highest BCUT2D eigenvalue weighted by atomic mass is 79.9. The molecule has 2 aromatic rings. The molecule has 0 aliphatic carbocycles. The molecule has 6 nitrogen and oxygen atoms in total. The lowest BCUT2D eigenvalue weighted by molar-refractivity contribution is 0.583. The van der Waals surface area contributed by atoms with Gasteiger partial charge in [-0.2, -0.15) is 0 Å². The third-order valence-corrected chi connectivity index (χ3v) is 6.98. The van der Waals surface area contributed by atoms with Crippen LogP contribution < -0.4 is 9.86 Å². The Labute approximate surface area is 135 Å². The standard InChI is InChI=1S/C11H11BrN2O4S3/c12-10-5-6-11(19-10)21(17,18)14-7-8-1-3-9(4-2-8)20(13,15)16/h1-6,14H,7H2,(H2,13,15,16). The van der Waals surface area contributed by atoms with Crippen LogP contribution in [0.1, 0.15) is 5.56 Å². The Hall–Kier alpha value is -0.780. The first-order chi connectivity index (χ1) is 9.68. The van der Waals surface area contributed by atoms with Gasteiger partial charge < -0.3 is 0 Å². The topological polar surface area (TPSA) is 106 Å². The zero-order chi connectivity index (χ0) is 15.7. The predicted molar refractivity (Wildman–Crippen MR) is 83.9 cm³/mol. The molecule has 0 fully saturated rings. The minimum absolute atomic E-state index is 0.0173. The molecule has 0 spiro atoms. The molecule has 1 aromatic heterocycles. The van der Waals surface area contributed by atoms with E-state index < -0.39 is 20.0 Å². The van der Waals surface area contributed by atoms with Gasteiger partial charge in [-0.15, -0.1) is 11.3 Å². The maximum Gasteiger partial charge on any atom is 0.250 e. The van der Waals surface area contributed by atoms with Crippen LogP contribution in [-0.4, -0.2) is 16.8 Å². The Morgan fingerprint density at radius 2 is 1.67 bits per heavy atom. The van der Waals surface area contributed by atoms with Crippen LogP contribution in [0.25, 0.3) is 0 Å². The molecule has 0 unspecified atom stereocenters. The number of sulfonamides is 2. The molecule has 3 N–H and O–H groups in total. The van der Waals surface area contributed by atoms with Crippen molar-refractivity contribution in [2.75, 3.05) is 0 Å². The van der Waals surface area contributed by atoms with Crippen molar-refractivity contribution in [3.63, 3.8) is 0 Å². The van der Waals surface area contributed by atoms with Crippen molar-refractivity contribution >= 4 is 47.3 Å². The second-order valence-electron chi connectivity index (χ2n) is 4.07. The SMILES string of the molecule is NS(=O)(=O)c1ccc(CNS(=O)(=O)c2ccc(Br)s2)cc1. The van der Waals surface area contributed by atoms with Gasteiger partial charge in [-0.3, -0.25) is 0 Å². The van der Waals surface area contributed by atoms with Crippen LogP contribution >= 0.6 is 27.3 Å². The number of hydrogen-bond acceptors (Lipinski definition) is 5. The zero-order valence-corrected chi connectivity index (χ0v) is 14.5. The average molecular weight is 411 g/mol. The summed E-state index contributed by atoms with van der Waals surface area (Å²) in [4.78, 5) is -0.0173. The maximum absolute atomic E-state index is 12.0. The smallest absolute Gasteiger partial charge is 0.225 e. The molecule has 0 atom stereocenters. The van der Waals surface area contributed by atoms with Crippen LogP contribution in [0.4, 0.5) is 0 Å². The van der Waals surface area contributed by atoms with Gasteiger partial charge in [0.15, 0.2) is 0 Å². The van der Waals surface area contributed by atoms with E-state index in [9.17, 15) is 16.8 Å². The second-order valence-corrected chi connectivity index (χ2v) is 10.1. The largest absolute Gasteiger partial charge is 0.250 e. The lowest BCUT2D eigenvalue weighted by Crippen LogP contribution is -2.22.